The minimum atomic E-state index is 0.334. The van der Waals surface area contributed by atoms with E-state index in [-0.39, 0.29) is 0 Å². The van der Waals surface area contributed by atoms with E-state index >= 15 is 0 Å². The quantitative estimate of drug-likeness (QED) is 0.683. The molecule has 0 N–H and O–H groups in total. The molecular formula is C12H14S. The van der Waals surface area contributed by atoms with Crippen LogP contribution >= 0.6 is 11.8 Å². The van der Waals surface area contributed by atoms with Gasteiger partial charge < -0.3 is 0 Å². The van der Waals surface area contributed by atoms with Crippen molar-refractivity contribution in [3.05, 3.63) is 40.8 Å². The topological polar surface area (TPSA) is 0 Å². The van der Waals surface area contributed by atoms with Crippen molar-refractivity contribution in [3.8, 4) is 0 Å². The summed E-state index contributed by atoms with van der Waals surface area (Å²) in [5.41, 5.74) is 3.25. The normalized spacial score (nSPS) is 19.0. The van der Waals surface area contributed by atoms with Crippen LogP contribution in [-0.4, -0.2) is 6.26 Å². The Morgan fingerprint density at radius 1 is 1.08 bits per heavy atom. The Morgan fingerprint density at radius 3 is 2.15 bits per heavy atom. The predicted octanol–water partition coefficient (Wildman–Crippen LogP) is 3.80. The van der Waals surface area contributed by atoms with E-state index in [4.69, 9.17) is 0 Å². The molecule has 1 aromatic rings. The van der Waals surface area contributed by atoms with Crippen molar-refractivity contribution >= 4 is 17.3 Å². The molecule has 2 rings (SSSR count). The summed E-state index contributed by atoms with van der Waals surface area (Å²) in [5.74, 6) is 0. The summed E-state index contributed by atoms with van der Waals surface area (Å²) in [4.78, 5) is 1.54. The van der Waals surface area contributed by atoms with Crippen LogP contribution in [-0.2, 0) is 0 Å². The molecule has 0 radical (unpaired) electrons. The molecule has 0 fully saturated rings. The van der Waals surface area contributed by atoms with Crippen LogP contribution in [0.3, 0.4) is 0 Å². The van der Waals surface area contributed by atoms with E-state index < -0.39 is 0 Å². The Hall–Kier alpha value is -0.690. The van der Waals surface area contributed by atoms with E-state index in [2.05, 4.69) is 50.4 Å². The average molecular weight is 190 g/mol. The first-order valence-electron chi connectivity index (χ1n) is 4.52. The summed E-state index contributed by atoms with van der Waals surface area (Å²) in [5, 5.41) is 0. The van der Waals surface area contributed by atoms with Crippen LogP contribution in [0.4, 0.5) is 0 Å². The third-order valence-corrected chi connectivity index (χ3v) is 3.75. The Labute approximate surface area is 84.0 Å². The molecule has 0 aromatic heterocycles. The first kappa shape index (κ1) is 8.89. The van der Waals surface area contributed by atoms with Gasteiger partial charge in [0, 0.05) is 5.41 Å². The largest absolute Gasteiger partial charge is 0.133 e. The van der Waals surface area contributed by atoms with Gasteiger partial charge in [0.05, 0.1) is 0 Å². The summed E-state index contributed by atoms with van der Waals surface area (Å²) >= 11 is 1.88. The van der Waals surface area contributed by atoms with Crippen LogP contribution in [0.1, 0.15) is 19.4 Å². The van der Waals surface area contributed by atoms with Gasteiger partial charge in [0.25, 0.3) is 0 Å². The van der Waals surface area contributed by atoms with Crippen molar-refractivity contribution in [3.63, 3.8) is 0 Å². The minimum Gasteiger partial charge on any atom is -0.133 e. The molecule has 0 bridgehead atoms. The maximum atomic E-state index is 2.29. The third-order valence-electron chi connectivity index (χ3n) is 2.62. The lowest BCUT2D eigenvalue weighted by molar-refractivity contribution is 0.738. The van der Waals surface area contributed by atoms with E-state index in [0.29, 0.717) is 5.41 Å². The molecule has 0 nitrogen and oxygen atoms in total. The summed E-state index contributed by atoms with van der Waals surface area (Å²) in [6.07, 6.45) is 2.16. The number of allylic oxidation sites excluding steroid dienone is 2. The highest BCUT2D eigenvalue weighted by atomic mass is 32.2. The van der Waals surface area contributed by atoms with E-state index in [9.17, 15) is 0 Å². The number of benzene rings is 1. The zero-order valence-electron chi connectivity index (χ0n) is 8.29. The first-order valence-corrected chi connectivity index (χ1v) is 5.75. The Kier molecular flexibility index (Phi) is 1.99. The number of hydrogen-bond acceptors (Lipinski definition) is 1. The zero-order chi connectivity index (χ0) is 9.47. The fraction of sp³-hybridized carbons (Fsp3) is 0.333. The van der Waals surface area contributed by atoms with E-state index in [1.165, 1.54) is 11.1 Å². The van der Waals surface area contributed by atoms with Gasteiger partial charge in [-0.25, -0.2) is 0 Å². The summed E-state index contributed by atoms with van der Waals surface area (Å²) in [6, 6.07) is 10.7. The van der Waals surface area contributed by atoms with Crippen LogP contribution in [0, 0.1) is 5.41 Å². The van der Waals surface area contributed by atoms with Crippen molar-refractivity contribution in [2.75, 3.05) is 6.26 Å². The van der Waals surface area contributed by atoms with Crippen LogP contribution in [0.15, 0.2) is 35.2 Å². The van der Waals surface area contributed by atoms with Gasteiger partial charge in [0.2, 0.25) is 0 Å². The maximum absolute atomic E-state index is 2.29. The number of thioether (sulfide) groups is 1. The van der Waals surface area contributed by atoms with Crippen LogP contribution in [0.2, 0.25) is 0 Å². The molecule has 0 saturated heterocycles. The summed E-state index contributed by atoms with van der Waals surface area (Å²) in [6.45, 7) is 4.59. The molecule has 0 spiro atoms. The smallest absolute Gasteiger partial charge is 0.0223 e. The molecule has 0 amide bonds. The molecule has 13 heavy (non-hydrogen) atoms. The Bertz CT molecular complexity index is 347. The molecule has 0 saturated carbocycles. The number of rotatable bonds is 2. The lowest BCUT2D eigenvalue weighted by Crippen LogP contribution is -1.91. The van der Waals surface area contributed by atoms with Crippen molar-refractivity contribution in [2.24, 2.45) is 5.41 Å². The van der Waals surface area contributed by atoms with E-state index in [0.717, 1.165) is 0 Å². The molecule has 0 unspecified atom stereocenters. The van der Waals surface area contributed by atoms with Gasteiger partial charge in [0.15, 0.2) is 0 Å². The van der Waals surface area contributed by atoms with Gasteiger partial charge in [0.1, 0.15) is 0 Å². The number of hydrogen-bond donors (Lipinski definition) is 0. The first-order chi connectivity index (χ1) is 6.18. The predicted molar refractivity (Wildman–Crippen MR) is 60.7 cm³/mol. The molecule has 1 heteroatoms. The van der Waals surface area contributed by atoms with Crippen LogP contribution < -0.4 is 0 Å². The highest BCUT2D eigenvalue weighted by Crippen LogP contribution is 2.62. The minimum absolute atomic E-state index is 0.334. The molecule has 0 aliphatic heterocycles. The Balaban J connectivity index is 2.35. The van der Waals surface area contributed by atoms with Crippen molar-refractivity contribution < 1.29 is 0 Å². The standard InChI is InChI=1S/C12H14S/c1-12(2)10(11(12)13-3)9-7-5-4-6-8-9/h4-8H,1-3H3. The third kappa shape index (κ3) is 1.31. The van der Waals surface area contributed by atoms with Crippen molar-refractivity contribution in [2.45, 2.75) is 13.8 Å². The van der Waals surface area contributed by atoms with Gasteiger partial charge >= 0.3 is 0 Å². The highest BCUT2D eigenvalue weighted by molar-refractivity contribution is 8.03. The molecule has 68 valence electrons. The molecule has 1 aliphatic carbocycles. The second kappa shape index (κ2) is 2.91. The molecule has 1 aliphatic rings. The van der Waals surface area contributed by atoms with Gasteiger partial charge in [-0.05, 0) is 22.3 Å². The van der Waals surface area contributed by atoms with E-state index in [1.807, 2.05) is 11.8 Å². The van der Waals surface area contributed by atoms with Gasteiger partial charge in [-0.15, -0.1) is 11.8 Å². The SMILES string of the molecule is CSC1=C(c2ccccc2)C1(C)C. The van der Waals surface area contributed by atoms with Crippen molar-refractivity contribution in [1.82, 2.24) is 0 Å². The van der Waals surface area contributed by atoms with Crippen molar-refractivity contribution in [1.29, 1.82) is 0 Å². The summed E-state index contributed by atoms with van der Waals surface area (Å²) < 4.78 is 0. The van der Waals surface area contributed by atoms with Crippen LogP contribution in [0.5, 0.6) is 0 Å². The second-order valence-corrected chi connectivity index (χ2v) is 4.72. The zero-order valence-corrected chi connectivity index (χ0v) is 9.11. The van der Waals surface area contributed by atoms with Gasteiger partial charge in [-0.2, -0.15) is 0 Å². The van der Waals surface area contributed by atoms with E-state index in [1.54, 1.807) is 4.91 Å². The average Bonchev–Trinajstić information content (AvgIpc) is 2.69. The highest BCUT2D eigenvalue weighted by Gasteiger charge is 2.44. The lowest BCUT2D eigenvalue weighted by Gasteiger charge is -2.03. The second-order valence-electron chi connectivity index (χ2n) is 3.90. The molecule has 1 aromatic carbocycles. The fourth-order valence-electron chi connectivity index (χ4n) is 1.89. The summed E-state index contributed by atoms with van der Waals surface area (Å²) in [7, 11) is 0. The molecule has 0 atom stereocenters. The van der Waals surface area contributed by atoms with Gasteiger partial charge in [-0.3, -0.25) is 0 Å². The molecule has 0 heterocycles. The van der Waals surface area contributed by atoms with Gasteiger partial charge in [-0.1, -0.05) is 44.2 Å². The van der Waals surface area contributed by atoms with Crippen LogP contribution in [0.25, 0.3) is 5.57 Å². The molecular weight excluding hydrogens is 176 g/mol. The lowest BCUT2D eigenvalue weighted by atomic mass is 10.0. The fourth-order valence-corrected chi connectivity index (χ4v) is 3.03. The maximum Gasteiger partial charge on any atom is 0.0223 e. The Morgan fingerprint density at radius 2 is 1.69 bits per heavy atom. The monoisotopic (exact) mass is 190 g/mol.